The zero-order chi connectivity index (χ0) is 13.7. The van der Waals surface area contributed by atoms with Crippen LogP contribution in [0.15, 0.2) is 18.2 Å². The summed E-state index contributed by atoms with van der Waals surface area (Å²) in [6, 6.07) is 4.01. The molecule has 1 fully saturated rings. The minimum atomic E-state index is -0.460. The lowest BCUT2D eigenvalue weighted by Gasteiger charge is -2.23. The van der Waals surface area contributed by atoms with Gasteiger partial charge in [-0.3, -0.25) is 0 Å². The lowest BCUT2D eigenvalue weighted by atomic mass is 10.0. The Kier molecular flexibility index (Phi) is 5.76. The number of rotatable bonds is 5. The topological polar surface area (TPSA) is 9.23 Å². The van der Waals surface area contributed by atoms with Crippen molar-refractivity contribution in [3.63, 3.8) is 0 Å². The van der Waals surface area contributed by atoms with Gasteiger partial charge in [-0.2, -0.15) is 0 Å². The molecule has 1 aromatic rings. The second-order valence-electron chi connectivity index (χ2n) is 5.07. The molecule has 1 heterocycles. The Morgan fingerprint density at radius 3 is 2.63 bits per heavy atom. The van der Waals surface area contributed by atoms with Crippen molar-refractivity contribution in [2.45, 2.75) is 49.5 Å². The van der Waals surface area contributed by atoms with Crippen LogP contribution in [0.1, 0.15) is 37.7 Å². The van der Waals surface area contributed by atoms with Crippen LogP contribution in [0.3, 0.4) is 0 Å². The van der Waals surface area contributed by atoms with Gasteiger partial charge in [0.05, 0.1) is 6.10 Å². The largest absolute Gasteiger partial charge is 0.378 e. The number of halogens is 3. The van der Waals surface area contributed by atoms with Gasteiger partial charge in [-0.15, -0.1) is 0 Å². The van der Waals surface area contributed by atoms with Crippen molar-refractivity contribution in [3.8, 4) is 0 Å². The fraction of sp³-hybridized carbons (Fsp3) is 0.600. The highest BCUT2D eigenvalue weighted by Gasteiger charge is 2.18. The third-order valence-electron chi connectivity index (χ3n) is 3.56. The molecular formula is C15H19BrF2O. The molecule has 4 heteroatoms. The molecule has 1 aromatic carbocycles. The molecule has 2 unspecified atom stereocenters. The van der Waals surface area contributed by atoms with Crippen LogP contribution in [0.4, 0.5) is 8.78 Å². The van der Waals surface area contributed by atoms with Crippen molar-refractivity contribution < 1.29 is 13.5 Å². The standard InChI is InChI=1S/C15H19BrF2O/c16-11(7-8-12-4-1-2-9-19-12)10-13-14(17)5-3-6-15(13)18/h3,5-6,11-12H,1-2,4,7-10H2. The molecule has 106 valence electrons. The van der Waals surface area contributed by atoms with E-state index in [-0.39, 0.29) is 10.4 Å². The maximum atomic E-state index is 13.5. The molecule has 0 amide bonds. The Balaban J connectivity index is 1.82. The quantitative estimate of drug-likeness (QED) is 0.715. The van der Waals surface area contributed by atoms with Crippen LogP contribution < -0.4 is 0 Å². The molecule has 2 atom stereocenters. The zero-order valence-corrected chi connectivity index (χ0v) is 12.5. The second kappa shape index (κ2) is 7.34. The minimum absolute atomic E-state index is 0.0874. The van der Waals surface area contributed by atoms with E-state index in [1.807, 2.05) is 0 Å². The molecule has 19 heavy (non-hydrogen) atoms. The van der Waals surface area contributed by atoms with E-state index in [4.69, 9.17) is 4.74 Å². The van der Waals surface area contributed by atoms with Crippen LogP contribution in [0.5, 0.6) is 0 Å². The summed E-state index contributed by atoms with van der Waals surface area (Å²) in [5.41, 5.74) is 0.175. The maximum Gasteiger partial charge on any atom is 0.129 e. The van der Waals surface area contributed by atoms with Crippen molar-refractivity contribution in [1.29, 1.82) is 0 Å². The Hall–Kier alpha value is -0.480. The smallest absolute Gasteiger partial charge is 0.129 e. The number of hydrogen-bond acceptors (Lipinski definition) is 1. The number of ether oxygens (including phenoxy) is 1. The molecular weight excluding hydrogens is 314 g/mol. The highest BCUT2D eigenvalue weighted by atomic mass is 79.9. The average Bonchev–Trinajstić information content (AvgIpc) is 2.42. The SMILES string of the molecule is Fc1cccc(F)c1CC(Br)CCC1CCCCO1. The van der Waals surface area contributed by atoms with Gasteiger partial charge in [0.15, 0.2) is 0 Å². The van der Waals surface area contributed by atoms with Gasteiger partial charge in [0.1, 0.15) is 11.6 Å². The minimum Gasteiger partial charge on any atom is -0.378 e. The van der Waals surface area contributed by atoms with Crippen molar-refractivity contribution in [2.75, 3.05) is 6.61 Å². The van der Waals surface area contributed by atoms with Gasteiger partial charge in [0, 0.05) is 17.0 Å². The number of alkyl halides is 1. The zero-order valence-electron chi connectivity index (χ0n) is 10.9. The molecule has 1 aliphatic heterocycles. The van der Waals surface area contributed by atoms with E-state index in [9.17, 15) is 8.78 Å². The van der Waals surface area contributed by atoms with Crippen LogP contribution in [-0.2, 0) is 11.2 Å². The lowest BCUT2D eigenvalue weighted by molar-refractivity contribution is 0.0102. The van der Waals surface area contributed by atoms with Crippen molar-refractivity contribution >= 4 is 15.9 Å². The van der Waals surface area contributed by atoms with E-state index in [0.717, 1.165) is 32.3 Å². The molecule has 0 radical (unpaired) electrons. The van der Waals surface area contributed by atoms with E-state index in [1.165, 1.54) is 24.6 Å². The van der Waals surface area contributed by atoms with Gasteiger partial charge in [0.2, 0.25) is 0 Å². The van der Waals surface area contributed by atoms with E-state index in [0.29, 0.717) is 12.5 Å². The Labute approximate surface area is 121 Å². The molecule has 0 N–H and O–H groups in total. The summed E-state index contributed by atoms with van der Waals surface area (Å²) in [5.74, 6) is -0.920. The fourth-order valence-electron chi connectivity index (χ4n) is 2.45. The maximum absolute atomic E-state index is 13.5. The first-order valence-electron chi connectivity index (χ1n) is 6.85. The van der Waals surface area contributed by atoms with E-state index < -0.39 is 11.6 Å². The molecule has 0 bridgehead atoms. The highest BCUT2D eigenvalue weighted by molar-refractivity contribution is 9.09. The fourth-order valence-corrected chi connectivity index (χ4v) is 3.04. The van der Waals surface area contributed by atoms with Crippen LogP contribution in [0, 0.1) is 11.6 Å². The average molecular weight is 333 g/mol. The first kappa shape index (κ1) is 14.9. The molecule has 0 spiro atoms. The molecule has 2 rings (SSSR count). The van der Waals surface area contributed by atoms with Gasteiger partial charge in [-0.1, -0.05) is 22.0 Å². The van der Waals surface area contributed by atoms with E-state index >= 15 is 0 Å². The highest BCUT2D eigenvalue weighted by Crippen LogP contribution is 2.23. The summed E-state index contributed by atoms with van der Waals surface area (Å²) in [6.45, 7) is 0.847. The van der Waals surface area contributed by atoms with Gasteiger partial charge in [0.25, 0.3) is 0 Å². The normalized spacial score (nSPS) is 21.3. The predicted molar refractivity (Wildman–Crippen MR) is 75.6 cm³/mol. The Morgan fingerprint density at radius 1 is 1.26 bits per heavy atom. The first-order chi connectivity index (χ1) is 9.16. The molecule has 1 aliphatic rings. The van der Waals surface area contributed by atoms with Crippen LogP contribution in [0.2, 0.25) is 0 Å². The van der Waals surface area contributed by atoms with Crippen molar-refractivity contribution in [3.05, 3.63) is 35.4 Å². The van der Waals surface area contributed by atoms with Gasteiger partial charge >= 0.3 is 0 Å². The van der Waals surface area contributed by atoms with E-state index in [1.54, 1.807) is 0 Å². The summed E-state index contributed by atoms with van der Waals surface area (Å²) in [6.07, 6.45) is 6.00. The molecule has 0 aromatic heterocycles. The summed E-state index contributed by atoms with van der Waals surface area (Å²) >= 11 is 3.52. The third-order valence-corrected chi connectivity index (χ3v) is 4.34. The molecule has 1 nitrogen and oxygen atoms in total. The summed E-state index contributed by atoms with van der Waals surface area (Å²) in [4.78, 5) is 0.0874. The monoisotopic (exact) mass is 332 g/mol. The molecule has 1 saturated heterocycles. The lowest BCUT2D eigenvalue weighted by Crippen LogP contribution is -2.20. The second-order valence-corrected chi connectivity index (χ2v) is 6.36. The summed E-state index contributed by atoms with van der Waals surface area (Å²) < 4.78 is 32.7. The van der Waals surface area contributed by atoms with Crippen molar-refractivity contribution in [2.24, 2.45) is 0 Å². The predicted octanol–water partition coefficient (Wildman–Crippen LogP) is 4.62. The van der Waals surface area contributed by atoms with E-state index in [2.05, 4.69) is 15.9 Å². The van der Waals surface area contributed by atoms with Gasteiger partial charge in [-0.05, 0) is 50.7 Å². The number of hydrogen-bond donors (Lipinski definition) is 0. The van der Waals surface area contributed by atoms with Gasteiger partial charge in [-0.25, -0.2) is 8.78 Å². The van der Waals surface area contributed by atoms with Gasteiger partial charge < -0.3 is 4.74 Å². The van der Waals surface area contributed by atoms with Crippen LogP contribution in [0.25, 0.3) is 0 Å². The molecule has 0 saturated carbocycles. The number of benzene rings is 1. The summed E-state index contributed by atoms with van der Waals surface area (Å²) in [7, 11) is 0. The van der Waals surface area contributed by atoms with Crippen molar-refractivity contribution in [1.82, 2.24) is 0 Å². The summed E-state index contributed by atoms with van der Waals surface area (Å²) in [5, 5.41) is 0. The first-order valence-corrected chi connectivity index (χ1v) is 7.77. The van der Waals surface area contributed by atoms with Crippen LogP contribution >= 0.6 is 15.9 Å². The Bertz CT molecular complexity index is 385. The van der Waals surface area contributed by atoms with Crippen LogP contribution in [-0.4, -0.2) is 17.5 Å². The third kappa shape index (κ3) is 4.53. The Morgan fingerprint density at radius 2 is 2.00 bits per heavy atom. The molecule has 0 aliphatic carbocycles.